The van der Waals surface area contributed by atoms with Crippen molar-refractivity contribution in [1.82, 2.24) is 10.2 Å². The lowest BCUT2D eigenvalue weighted by atomic mass is 10.1. The third-order valence-electron chi connectivity index (χ3n) is 3.72. The van der Waals surface area contributed by atoms with Crippen LogP contribution >= 0.6 is 12.0 Å². The monoisotopic (exact) mass is 322 g/mol. The van der Waals surface area contributed by atoms with E-state index in [-0.39, 0.29) is 5.91 Å². The number of amides is 1. The molecule has 0 aliphatic carbocycles. The first-order valence-corrected chi connectivity index (χ1v) is 8.94. The molecule has 1 amide bonds. The van der Waals surface area contributed by atoms with Crippen molar-refractivity contribution in [3.8, 4) is 0 Å². The molecule has 0 atom stereocenters. The Morgan fingerprint density at radius 2 is 1.95 bits per heavy atom. The van der Waals surface area contributed by atoms with Gasteiger partial charge in [-0.15, -0.1) is 0 Å². The largest absolute Gasteiger partial charge is 0.351 e. The van der Waals surface area contributed by atoms with Crippen molar-refractivity contribution < 1.29 is 8.98 Å². The maximum absolute atomic E-state index is 12.1. The molecular formula is C17H26N2O2S. The lowest BCUT2D eigenvalue weighted by Crippen LogP contribution is -2.37. The van der Waals surface area contributed by atoms with Gasteiger partial charge in [0, 0.05) is 35.6 Å². The van der Waals surface area contributed by atoms with E-state index in [2.05, 4.69) is 17.1 Å². The second-order valence-corrected chi connectivity index (χ2v) is 6.46. The van der Waals surface area contributed by atoms with Gasteiger partial charge >= 0.3 is 0 Å². The maximum Gasteiger partial charge on any atom is 0.251 e. The van der Waals surface area contributed by atoms with Crippen molar-refractivity contribution in [3.05, 3.63) is 29.8 Å². The molecule has 1 heterocycles. The van der Waals surface area contributed by atoms with E-state index in [0.29, 0.717) is 5.56 Å². The molecule has 0 bridgehead atoms. The number of likely N-dealkylation sites (tertiary alicyclic amines) is 1. The van der Waals surface area contributed by atoms with E-state index in [1.165, 1.54) is 44.4 Å². The fourth-order valence-corrected chi connectivity index (χ4v) is 3.10. The minimum Gasteiger partial charge on any atom is -0.351 e. The van der Waals surface area contributed by atoms with Gasteiger partial charge in [0.1, 0.15) is 0 Å². The number of rotatable bonds is 8. The minimum absolute atomic E-state index is 0.00281. The standard InChI is InChI=1S/C17H26N2O2S/c1-2-14-21-22-16-8-6-15(7-9-16)17(20)18-10-13-19-11-4-3-5-12-19/h6-9H,2-5,10-14H2,1H3,(H,18,20). The molecule has 0 aromatic heterocycles. The maximum atomic E-state index is 12.1. The molecule has 1 N–H and O–H groups in total. The van der Waals surface area contributed by atoms with Crippen LogP contribution in [-0.2, 0) is 4.18 Å². The highest BCUT2D eigenvalue weighted by atomic mass is 32.2. The topological polar surface area (TPSA) is 41.6 Å². The lowest BCUT2D eigenvalue weighted by Gasteiger charge is -2.26. The Morgan fingerprint density at radius 3 is 2.64 bits per heavy atom. The van der Waals surface area contributed by atoms with Crippen LogP contribution in [0.1, 0.15) is 43.0 Å². The van der Waals surface area contributed by atoms with Crippen LogP contribution in [0.15, 0.2) is 29.2 Å². The summed E-state index contributed by atoms with van der Waals surface area (Å²) in [6, 6.07) is 7.57. The molecule has 1 fully saturated rings. The van der Waals surface area contributed by atoms with Crippen LogP contribution in [0.2, 0.25) is 0 Å². The second-order valence-electron chi connectivity index (χ2n) is 5.59. The van der Waals surface area contributed by atoms with Crippen LogP contribution in [0.5, 0.6) is 0 Å². The van der Waals surface area contributed by atoms with Crippen LogP contribution in [0.3, 0.4) is 0 Å². The number of carbonyl (C=O) groups is 1. The Labute approximate surface area is 137 Å². The Morgan fingerprint density at radius 1 is 1.23 bits per heavy atom. The van der Waals surface area contributed by atoms with Gasteiger partial charge in [0.15, 0.2) is 0 Å². The van der Waals surface area contributed by atoms with Crippen LogP contribution < -0.4 is 5.32 Å². The number of hydrogen-bond acceptors (Lipinski definition) is 4. The zero-order valence-corrected chi connectivity index (χ0v) is 14.2. The molecule has 1 aromatic rings. The molecule has 1 aromatic carbocycles. The van der Waals surface area contributed by atoms with Crippen molar-refractivity contribution in [3.63, 3.8) is 0 Å². The quantitative estimate of drug-likeness (QED) is 0.589. The molecule has 1 saturated heterocycles. The zero-order chi connectivity index (χ0) is 15.6. The number of nitrogens with one attached hydrogen (secondary N) is 1. The number of benzene rings is 1. The van der Waals surface area contributed by atoms with E-state index in [4.69, 9.17) is 4.18 Å². The van der Waals surface area contributed by atoms with E-state index < -0.39 is 0 Å². The van der Waals surface area contributed by atoms with Gasteiger partial charge in [-0.25, -0.2) is 0 Å². The molecule has 22 heavy (non-hydrogen) atoms. The summed E-state index contributed by atoms with van der Waals surface area (Å²) in [6.45, 7) is 6.82. The van der Waals surface area contributed by atoms with E-state index in [0.717, 1.165) is 31.0 Å². The second kappa shape index (κ2) is 9.87. The fraction of sp³-hybridized carbons (Fsp3) is 0.588. The molecule has 0 spiro atoms. The van der Waals surface area contributed by atoms with Gasteiger partial charge in [-0.1, -0.05) is 13.3 Å². The summed E-state index contributed by atoms with van der Waals surface area (Å²) < 4.78 is 5.41. The summed E-state index contributed by atoms with van der Waals surface area (Å²) in [5.41, 5.74) is 0.707. The molecular weight excluding hydrogens is 296 g/mol. The van der Waals surface area contributed by atoms with Crippen LogP contribution in [0, 0.1) is 0 Å². The summed E-state index contributed by atoms with van der Waals surface area (Å²) in [7, 11) is 0. The highest BCUT2D eigenvalue weighted by Gasteiger charge is 2.10. The normalized spacial score (nSPS) is 15.7. The minimum atomic E-state index is 0.00281. The average molecular weight is 322 g/mol. The Balaban J connectivity index is 1.70. The van der Waals surface area contributed by atoms with Crippen molar-refractivity contribution in [2.24, 2.45) is 0 Å². The summed E-state index contributed by atoms with van der Waals surface area (Å²) >= 11 is 1.36. The van der Waals surface area contributed by atoms with Gasteiger partial charge in [-0.05, 0) is 56.6 Å². The zero-order valence-electron chi connectivity index (χ0n) is 13.3. The number of piperidine rings is 1. The van der Waals surface area contributed by atoms with Gasteiger partial charge in [0.05, 0.1) is 6.61 Å². The van der Waals surface area contributed by atoms with Gasteiger partial charge in [-0.3, -0.25) is 4.79 Å². The summed E-state index contributed by atoms with van der Waals surface area (Å²) in [6.07, 6.45) is 4.92. The van der Waals surface area contributed by atoms with Gasteiger partial charge in [0.2, 0.25) is 0 Å². The van der Waals surface area contributed by atoms with E-state index in [1.54, 1.807) is 0 Å². The average Bonchev–Trinajstić information content (AvgIpc) is 2.56. The van der Waals surface area contributed by atoms with Gasteiger partial charge in [-0.2, -0.15) is 0 Å². The van der Waals surface area contributed by atoms with Crippen LogP contribution in [0.4, 0.5) is 0 Å². The molecule has 0 unspecified atom stereocenters. The predicted octanol–water partition coefficient (Wildman–Crippen LogP) is 3.34. The van der Waals surface area contributed by atoms with Crippen LogP contribution in [-0.4, -0.2) is 43.6 Å². The lowest BCUT2D eigenvalue weighted by molar-refractivity contribution is 0.0946. The predicted molar refractivity (Wildman–Crippen MR) is 91.2 cm³/mol. The van der Waals surface area contributed by atoms with E-state index in [9.17, 15) is 4.79 Å². The first-order valence-electron chi connectivity index (χ1n) is 8.19. The van der Waals surface area contributed by atoms with Crippen LogP contribution in [0.25, 0.3) is 0 Å². The Kier molecular flexibility index (Phi) is 7.77. The summed E-state index contributed by atoms with van der Waals surface area (Å²) in [5, 5.41) is 3.00. The number of nitrogens with zero attached hydrogens (tertiary/aromatic N) is 1. The molecule has 1 aliphatic heterocycles. The van der Waals surface area contributed by atoms with Gasteiger partial charge in [0.25, 0.3) is 5.91 Å². The first-order chi connectivity index (χ1) is 10.8. The van der Waals surface area contributed by atoms with Crippen molar-refractivity contribution >= 4 is 17.9 Å². The molecule has 4 nitrogen and oxygen atoms in total. The van der Waals surface area contributed by atoms with Crippen molar-refractivity contribution in [2.45, 2.75) is 37.5 Å². The van der Waals surface area contributed by atoms with Crippen molar-refractivity contribution in [2.75, 3.05) is 32.8 Å². The number of carbonyl (C=O) groups excluding carboxylic acids is 1. The SMILES string of the molecule is CCCOSc1ccc(C(=O)NCCN2CCCCC2)cc1. The summed E-state index contributed by atoms with van der Waals surface area (Å²) in [4.78, 5) is 15.5. The molecule has 0 radical (unpaired) electrons. The fourth-order valence-electron chi connectivity index (χ4n) is 2.47. The number of hydrogen-bond donors (Lipinski definition) is 1. The third-order valence-corrected chi connectivity index (χ3v) is 4.47. The molecule has 122 valence electrons. The highest BCUT2D eigenvalue weighted by Crippen LogP contribution is 2.19. The molecule has 1 aliphatic rings. The first kappa shape index (κ1) is 17.3. The van der Waals surface area contributed by atoms with Crippen molar-refractivity contribution in [1.29, 1.82) is 0 Å². The molecule has 2 rings (SSSR count). The van der Waals surface area contributed by atoms with Gasteiger partial charge < -0.3 is 14.4 Å². The van der Waals surface area contributed by atoms with E-state index in [1.807, 2.05) is 24.3 Å². The molecule has 0 saturated carbocycles. The Bertz CT molecular complexity index is 444. The molecule has 5 heteroatoms. The third kappa shape index (κ3) is 5.99. The Hall–Kier alpha value is -1.04. The van der Waals surface area contributed by atoms with E-state index >= 15 is 0 Å². The summed E-state index contributed by atoms with van der Waals surface area (Å²) in [5.74, 6) is 0.00281. The smallest absolute Gasteiger partial charge is 0.251 e. The highest BCUT2D eigenvalue weighted by molar-refractivity contribution is 7.94.